The highest BCUT2D eigenvalue weighted by Gasteiger charge is 2.05. The van der Waals surface area contributed by atoms with Gasteiger partial charge in [-0.25, -0.2) is 9.97 Å². The number of aromatic nitrogens is 2. The molecule has 6 nitrogen and oxygen atoms in total. The van der Waals surface area contributed by atoms with Gasteiger partial charge in [-0.1, -0.05) is 41.9 Å². The molecule has 0 radical (unpaired) electrons. The predicted molar refractivity (Wildman–Crippen MR) is 81.0 cm³/mol. The molecule has 0 saturated heterocycles. The number of hydrogen-bond donors (Lipinski definition) is 2. The molecule has 0 aliphatic heterocycles. The average Bonchev–Trinajstić information content (AvgIpc) is 2.47. The Morgan fingerprint density at radius 3 is 2.76 bits per heavy atom. The second-order valence-corrected chi connectivity index (χ2v) is 4.60. The molecule has 0 spiro atoms. The molecule has 0 aliphatic carbocycles. The number of nitrogens with zero attached hydrogens (tertiary/aromatic N) is 2. The fourth-order valence-electron chi connectivity index (χ4n) is 1.65. The topological polar surface area (TPSA) is 90.1 Å². The summed E-state index contributed by atoms with van der Waals surface area (Å²) in [7, 11) is 0. The molecule has 1 aromatic heterocycles. The van der Waals surface area contributed by atoms with Gasteiger partial charge in [0.2, 0.25) is 5.91 Å². The van der Waals surface area contributed by atoms with Gasteiger partial charge in [0.05, 0.1) is 6.61 Å². The van der Waals surface area contributed by atoms with Crippen molar-refractivity contribution in [3.63, 3.8) is 0 Å². The van der Waals surface area contributed by atoms with Gasteiger partial charge >= 0.3 is 0 Å². The molecule has 1 heterocycles. The number of amides is 1. The number of ether oxygens (including phenoxy) is 1. The van der Waals surface area contributed by atoms with E-state index in [1.807, 2.05) is 30.3 Å². The van der Waals surface area contributed by atoms with Gasteiger partial charge in [0.1, 0.15) is 17.6 Å². The van der Waals surface area contributed by atoms with Crippen molar-refractivity contribution in [1.29, 1.82) is 0 Å². The van der Waals surface area contributed by atoms with E-state index in [0.29, 0.717) is 29.9 Å². The zero-order valence-electron chi connectivity index (χ0n) is 11.3. The summed E-state index contributed by atoms with van der Waals surface area (Å²) in [4.78, 5) is 19.1. The molecule has 0 unspecified atom stereocenters. The molecule has 1 aromatic carbocycles. The highest BCUT2D eigenvalue weighted by Crippen LogP contribution is 2.19. The summed E-state index contributed by atoms with van der Waals surface area (Å²) in [5, 5.41) is 3.41. The van der Waals surface area contributed by atoms with Crippen LogP contribution in [0.5, 0.6) is 0 Å². The van der Waals surface area contributed by atoms with Gasteiger partial charge in [-0.05, 0) is 0 Å². The molecule has 2 rings (SSSR count). The van der Waals surface area contributed by atoms with Gasteiger partial charge in [0, 0.05) is 18.2 Å². The second kappa shape index (κ2) is 7.56. The summed E-state index contributed by atoms with van der Waals surface area (Å²) in [6.07, 6.45) is 0. The Hall–Kier alpha value is -2.18. The Labute approximate surface area is 127 Å². The molecule has 0 fully saturated rings. The van der Waals surface area contributed by atoms with Gasteiger partial charge in [-0.3, -0.25) is 4.79 Å². The summed E-state index contributed by atoms with van der Waals surface area (Å²) in [6.45, 7) is 0.724. The zero-order chi connectivity index (χ0) is 15.1. The molecule has 21 heavy (non-hydrogen) atoms. The number of nitrogens with one attached hydrogen (secondary N) is 1. The van der Waals surface area contributed by atoms with E-state index in [0.717, 1.165) is 5.56 Å². The molecule has 0 saturated carbocycles. The molecule has 2 aromatic rings. The molecular formula is C14H15ClN4O2. The van der Waals surface area contributed by atoms with E-state index in [4.69, 9.17) is 22.1 Å². The lowest BCUT2D eigenvalue weighted by molar-refractivity contribution is -0.122. The van der Waals surface area contributed by atoms with Crippen molar-refractivity contribution >= 4 is 23.3 Å². The molecule has 1 amide bonds. The molecule has 0 atom stereocenters. The summed E-state index contributed by atoms with van der Waals surface area (Å²) in [5.41, 5.74) is 5.85. The van der Waals surface area contributed by atoms with E-state index in [1.165, 1.54) is 0 Å². The van der Waals surface area contributed by atoms with Gasteiger partial charge in [0.25, 0.3) is 0 Å². The van der Waals surface area contributed by atoms with Crippen molar-refractivity contribution < 1.29 is 9.53 Å². The van der Waals surface area contributed by atoms with Crippen molar-refractivity contribution in [3.05, 3.63) is 41.6 Å². The smallest absolute Gasteiger partial charge is 0.243 e. The van der Waals surface area contributed by atoms with Crippen LogP contribution in [0.1, 0.15) is 0 Å². The number of primary amides is 1. The number of carbonyl (C=O) groups excluding carboxylic acids is 1. The lowest BCUT2D eigenvalue weighted by Gasteiger charge is -2.08. The third-order valence-corrected chi connectivity index (χ3v) is 2.72. The molecular weight excluding hydrogens is 292 g/mol. The maximum Gasteiger partial charge on any atom is 0.243 e. The second-order valence-electron chi connectivity index (χ2n) is 4.21. The number of halogens is 1. The highest BCUT2D eigenvalue weighted by atomic mass is 35.5. The summed E-state index contributed by atoms with van der Waals surface area (Å²) in [6, 6.07) is 11.2. The Morgan fingerprint density at radius 2 is 2.05 bits per heavy atom. The van der Waals surface area contributed by atoms with Crippen LogP contribution in [0, 0.1) is 0 Å². The van der Waals surface area contributed by atoms with Crippen LogP contribution in [0.25, 0.3) is 11.4 Å². The fraction of sp³-hybridized carbons (Fsp3) is 0.214. The van der Waals surface area contributed by atoms with Crippen LogP contribution in [0.15, 0.2) is 36.4 Å². The average molecular weight is 307 g/mol. The van der Waals surface area contributed by atoms with Crippen LogP contribution >= 0.6 is 11.6 Å². The number of rotatable bonds is 7. The first kappa shape index (κ1) is 15.2. The number of carbonyl (C=O) groups is 1. The van der Waals surface area contributed by atoms with E-state index < -0.39 is 5.91 Å². The maximum atomic E-state index is 10.5. The Bertz CT molecular complexity index is 607. The van der Waals surface area contributed by atoms with Crippen molar-refractivity contribution in [3.8, 4) is 11.4 Å². The summed E-state index contributed by atoms with van der Waals surface area (Å²) >= 11 is 6.00. The minimum absolute atomic E-state index is 0.0958. The number of anilines is 1. The van der Waals surface area contributed by atoms with Crippen molar-refractivity contribution in [2.45, 2.75) is 0 Å². The first-order chi connectivity index (χ1) is 10.1. The minimum atomic E-state index is -0.494. The molecule has 0 bridgehead atoms. The Balaban J connectivity index is 1.98. The van der Waals surface area contributed by atoms with Crippen molar-refractivity contribution in [2.75, 3.05) is 25.1 Å². The number of hydrogen-bond acceptors (Lipinski definition) is 5. The molecule has 3 N–H and O–H groups in total. The minimum Gasteiger partial charge on any atom is -0.370 e. The highest BCUT2D eigenvalue weighted by molar-refractivity contribution is 6.29. The summed E-state index contributed by atoms with van der Waals surface area (Å²) in [5.74, 6) is 0.645. The zero-order valence-corrected chi connectivity index (χ0v) is 12.0. The van der Waals surface area contributed by atoms with Crippen LogP contribution in [0.3, 0.4) is 0 Å². The Kier molecular flexibility index (Phi) is 5.48. The van der Waals surface area contributed by atoms with Gasteiger partial charge in [-0.2, -0.15) is 0 Å². The van der Waals surface area contributed by atoms with Crippen molar-refractivity contribution in [1.82, 2.24) is 9.97 Å². The van der Waals surface area contributed by atoms with E-state index in [1.54, 1.807) is 6.07 Å². The third-order valence-electron chi connectivity index (χ3n) is 2.52. The quantitative estimate of drug-likeness (QED) is 0.600. The van der Waals surface area contributed by atoms with E-state index in [9.17, 15) is 4.79 Å². The standard InChI is InChI=1S/C14H15ClN4O2/c15-11-8-13(17-6-7-21-9-12(16)20)19-14(18-11)10-4-2-1-3-5-10/h1-5,8H,6-7,9H2,(H2,16,20)(H,17,18,19). The van der Waals surface area contributed by atoms with Gasteiger partial charge in [0.15, 0.2) is 5.82 Å². The first-order valence-electron chi connectivity index (χ1n) is 6.35. The van der Waals surface area contributed by atoms with Crippen LogP contribution in [0.4, 0.5) is 5.82 Å². The van der Waals surface area contributed by atoms with E-state index >= 15 is 0 Å². The van der Waals surface area contributed by atoms with Gasteiger partial charge in [-0.15, -0.1) is 0 Å². The number of nitrogens with two attached hydrogens (primary N) is 1. The van der Waals surface area contributed by atoms with Crippen LogP contribution in [-0.4, -0.2) is 35.6 Å². The van der Waals surface area contributed by atoms with Crippen LogP contribution in [0.2, 0.25) is 5.15 Å². The maximum absolute atomic E-state index is 10.5. The molecule has 0 aliphatic rings. The normalized spacial score (nSPS) is 10.3. The third kappa shape index (κ3) is 5.02. The lowest BCUT2D eigenvalue weighted by Crippen LogP contribution is -2.20. The monoisotopic (exact) mass is 306 g/mol. The van der Waals surface area contributed by atoms with E-state index in [2.05, 4.69) is 15.3 Å². The number of benzene rings is 1. The van der Waals surface area contributed by atoms with Crippen LogP contribution in [-0.2, 0) is 9.53 Å². The first-order valence-corrected chi connectivity index (χ1v) is 6.73. The Morgan fingerprint density at radius 1 is 1.29 bits per heavy atom. The van der Waals surface area contributed by atoms with Crippen molar-refractivity contribution in [2.24, 2.45) is 5.73 Å². The lowest BCUT2D eigenvalue weighted by atomic mass is 10.2. The van der Waals surface area contributed by atoms with Gasteiger partial charge < -0.3 is 15.8 Å². The van der Waals surface area contributed by atoms with E-state index in [-0.39, 0.29) is 6.61 Å². The molecule has 110 valence electrons. The van der Waals surface area contributed by atoms with Crippen LogP contribution < -0.4 is 11.1 Å². The summed E-state index contributed by atoms with van der Waals surface area (Å²) < 4.78 is 5.05. The molecule has 7 heteroatoms. The SMILES string of the molecule is NC(=O)COCCNc1cc(Cl)nc(-c2ccccc2)n1. The fourth-order valence-corrected chi connectivity index (χ4v) is 1.83. The largest absolute Gasteiger partial charge is 0.370 e. The predicted octanol–water partition coefficient (Wildman–Crippen LogP) is 1.71.